The first-order chi connectivity index (χ1) is 18.7. The van der Waals surface area contributed by atoms with Crippen LogP contribution in [0.4, 0.5) is 13.2 Å². The highest BCUT2D eigenvalue weighted by molar-refractivity contribution is 5.92. The topological polar surface area (TPSA) is 77.3 Å². The molecule has 1 aromatic heterocycles. The molecular formula is C29H25F3N4O3. The fourth-order valence-electron chi connectivity index (χ4n) is 4.82. The second-order valence-corrected chi connectivity index (χ2v) is 9.36. The fourth-order valence-corrected chi connectivity index (χ4v) is 4.82. The van der Waals surface area contributed by atoms with Crippen molar-refractivity contribution in [1.29, 1.82) is 0 Å². The number of carbonyl (C=O) groups excluding carboxylic acids is 2. The maximum atomic E-state index is 12.7. The van der Waals surface area contributed by atoms with Crippen molar-refractivity contribution in [3.63, 3.8) is 0 Å². The highest BCUT2D eigenvalue weighted by Crippen LogP contribution is 2.32. The summed E-state index contributed by atoms with van der Waals surface area (Å²) >= 11 is 0. The van der Waals surface area contributed by atoms with E-state index >= 15 is 0 Å². The van der Waals surface area contributed by atoms with E-state index in [2.05, 4.69) is 10.3 Å². The van der Waals surface area contributed by atoms with Crippen molar-refractivity contribution >= 4 is 11.9 Å². The molecule has 2 heterocycles. The molecule has 1 aliphatic heterocycles. The Morgan fingerprint density at radius 2 is 1.59 bits per heavy atom. The highest BCUT2D eigenvalue weighted by Gasteiger charge is 2.43. The van der Waals surface area contributed by atoms with Gasteiger partial charge in [0.2, 0.25) is 0 Å². The van der Waals surface area contributed by atoms with Crippen LogP contribution in [-0.2, 0) is 9.53 Å². The molecule has 1 aliphatic rings. The van der Waals surface area contributed by atoms with Crippen molar-refractivity contribution in [2.24, 2.45) is 0 Å². The monoisotopic (exact) mass is 534 g/mol. The number of alkyl halides is 3. The van der Waals surface area contributed by atoms with Crippen molar-refractivity contribution < 1.29 is 27.5 Å². The molecule has 7 nitrogen and oxygen atoms in total. The lowest BCUT2D eigenvalue weighted by Gasteiger charge is -2.32. The highest BCUT2D eigenvalue weighted by atomic mass is 19.4. The average molecular weight is 535 g/mol. The molecule has 0 aliphatic carbocycles. The maximum absolute atomic E-state index is 12.7. The van der Waals surface area contributed by atoms with E-state index in [4.69, 9.17) is 4.74 Å². The van der Waals surface area contributed by atoms with E-state index in [1.54, 1.807) is 23.0 Å². The number of aromatic nitrogens is 3. The first-order valence-electron chi connectivity index (χ1n) is 12.4. The van der Waals surface area contributed by atoms with Crippen LogP contribution >= 0.6 is 0 Å². The molecule has 1 amide bonds. The Hall–Kier alpha value is -4.47. The second kappa shape index (κ2) is 10.7. The van der Waals surface area contributed by atoms with Crippen LogP contribution in [-0.4, -0.2) is 58.1 Å². The molecule has 1 fully saturated rings. The van der Waals surface area contributed by atoms with Gasteiger partial charge in [0.15, 0.2) is 0 Å². The molecular weight excluding hydrogens is 509 g/mol. The van der Waals surface area contributed by atoms with Gasteiger partial charge in [-0.1, -0.05) is 59.8 Å². The largest absolute Gasteiger partial charge is 0.471 e. The van der Waals surface area contributed by atoms with E-state index in [9.17, 15) is 22.8 Å². The summed E-state index contributed by atoms with van der Waals surface area (Å²) in [5.41, 5.74) is 5.19. The summed E-state index contributed by atoms with van der Waals surface area (Å²) in [5.74, 6) is -2.21. The summed E-state index contributed by atoms with van der Waals surface area (Å²) in [4.78, 5) is 24.8. The van der Waals surface area contributed by atoms with Crippen LogP contribution in [0.5, 0.6) is 0 Å². The van der Waals surface area contributed by atoms with Crippen LogP contribution in [0.1, 0.15) is 34.7 Å². The molecule has 0 atom stereocenters. The maximum Gasteiger partial charge on any atom is 0.471 e. The summed E-state index contributed by atoms with van der Waals surface area (Å²) in [5, 5.41) is 8.51. The van der Waals surface area contributed by atoms with Gasteiger partial charge in [-0.25, -0.2) is 9.48 Å². The van der Waals surface area contributed by atoms with Crippen LogP contribution < -0.4 is 0 Å². The zero-order valence-electron chi connectivity index (χ0n) is 21.1. The van der Waals surface area contributed by atoms with E-state index in [0.717, 1.165) is 27.2 Å². The normalized spacial score (nSPS) is 14.3. The molecule has 0 bridgehead atoms. The predicted octanol–water partition coefficient (Wildman–Crippen LogP) is 5.66. The minimum absolute atomic E-state index is 0.0554. The van der Waals surface area contributed by atoms with Gasteiger partial charge in [0.25, 0.3) is 0 Å². The molecule has 0 unspecified atom stereocenters. The first kappa shape index (κ1) is 26.1. The van der Waals surface area contributed by atoms with Gasteiger partial charge in [-0.15, -0.1) is 5.10 Å². The summed E-state index contributed by atoms with van der Waals surface area (Å²) in [6, 6.07) is 22.6. The Morgan fingerprint density at radius 3 is 2.23 bits per heavy atom. The van der Waals surface area contributed by atoms with Crippen molar-refractivity contribution in [2.75, 3.05) is 20.2 Å². The molecule has 4 aromatic rings. The lowest BCUT2D eigenvalue weighted by molar-refractivity contribution is -0.186. The third-order valence-corrected chi connectivity index (χ3v) is 6.91. The second-order valence-electron chi connectivity index (χ2n) is 9.36. The van der Waals surface area contributed by atoms with Crippen LogP contribution in [0.2, 0.25) is 0 Å². The Kier molecular flexibility index (Phi) is 7.19. The Labute approximate surface area is 222 Å². The SMILES string of the molecule is COC(=O)c1cc(-c2ccc(C3CCN(C(=O)C(F)(F)F)CC3)cc2)cc(-n2cc(-c3ccccc3)nn2)c1. The molecule has 39 heavy (non-hydrogen) atoms. The number of esters is 1. The third-order valence-electron chi connectivity index (χ3n) is 6.91. The van der Waals surface area contributed by atoms with Gasteiger partial charge in [-0.2, -0.15) is 13.2 Å². The number of amides is 1. The number of benzene rings is 3. The first-order valence-corrected chi connectivity index (χ1v) is 12.4. The van der Waals surface area contributed by atoms with Crippen LogP contribution in [0, 0.1) is 0 Å². The van der Waals surface area contributed by atoms with Gasteiger partial charge >= 0.3 is 18.1 Å². The Bertz CT molecular complexity index is 1480. The van der Waals surface area contributed by atoms with Crippen molar-refractivity contribution in [1.82, 2.24) is 19.9 Å². The number of carbonyl (C=O) groups is 2. The Morgan fingerprint density at radius 1 is 0.897 bits per heavy atom. The third kappa shape index (κ3) is 5.69. The molecule has 10 heteroatoms. The molecule has 0 N–H and O–H groups in total. The number of rotatable bonds is 5. The van der Waals surface area contributed by atoms with E-state index in [1.807, 2.05) is 60.7 Å². The van der Waals surface area contributed by atoms with Gasteiger partial charge in [-0.05, 0) is 53.6 Å². The lowest BCUT2D eigenvalue weighted by Crippen LogP contribution is -2.45. The summed E-state index contributed by atoms with van der Waals surface area (Å²) in [7, 11) is 1.32. The fraction of sp³-hybridized carbons (Fsp3) is 0.241. The van der Waals surface area contributed by atoms with Crippen LogP contribution in [0.15, 0.2) is 79.0 Å². The predicted molar refractivity (Wildman–Crippen MR) is 138 cm³/mol. The van der Waals surface area contributed by atoms with Gasteiger partial charge in [-0.3, -0.25) is 4.79 Å². The molecule has 3 aromatic carbocycles. The molecule has 0 spiro atoms. The number of likely N-dealkylation sites (tertiary alicyclic amines) is 1. The summed E-state index contributed by atoms with van der Waals surface area (Å²) in [6.07, 6.45) is -2.14. The standard InChI is InChI=1S/C29H25F3N4O3/c1-39-27(37)24-15-23(16-25(17-24)36-18-26(33-34-36)22-5-3-2-4-6-22)20-9-7-19(8-10-20)21-11-13-35(14-12-21)28(38)29(30,31)32/h2-10,15-18,21H,11-14H2,1H3. The molecule has 200 valence electrons. The van der Waals surface area contributed by atoms with E-state index < -0.39 is 18.1 Å². The number of hydrogen-bond donors (Lipinski definition) is 0. The van der Waals surface area contributed by atoms with Gasteiger partial charge in [0, 0.05) is 18.7 Å². The minimum atomic E-state index is -4.85. The number of hydrogen-bond acceptors (Lipinski definition) is 5. The lowest BCUT2D eigenvalue weighted by atomic mass is 9.88. The van der Waals surface area contributed by atoms with Crippen LogP contribution in [0.3, 0.4) is 0 Å². The van der Waals surface area contributed by atoms with E-state index in [0.29, 0.717) is 29.8 Å². The average Bonchev–Trinajstić information content (AvgIpc) is 3.47. The van der Waals surface area contributed by atoms with E-state index in [1.165, 1.54) is 7.11 Å². The Balaban J connectivity index is 1.38. The summed E-state index contributed by atoms with van der Waals surface area (Å²) < 4.78 is 44.8. The number of methoxy groups -OCH3 is 1. The van der Waals surface area contributed by atoms with E-state index in [-0.39, 0.29) is 19.0 Å². The smallest absolute Gasteiger partial charge is 0.465 e. The van der Waals surface area contributed by atoms with Crippen molar-refractivity contribution in [3.8, 4) is 28.1 Å². The molecule has 5 rings (SSSR count). The van der Waals surface area contributed by atoms with Crippen molar-refractivity contribution in [3.05, 3.63) is 90.1 Å². The molecule has 0 saturated carbocycles. The minimum Gasteiger partial charge on any atom is -0.465 e. The number of nitrogens with zero attached hydrogens (tertiary/aromatic N) is 4. The van der Waals surface area contributed by atoms with Crippen LogP contribution in [0.25, 0.3) is 28.1 Å². The quantitative estimate of drug-likeness (QED) is 0.309. The summed E-state index contributed by atoms with van der Waals surface area (Å²) in [6.45, 7) is 0.135. The van der Waals surface area contributed by atoms with Crippen molar-refractivity contribution in [2.45, 2.75) is 24.9 Å². The zero-order chi connectivity index (χ0) is 27.6. The number of halogens is 3. The van der Waals surface area contributed by atoms with Gasteiger partial charge in [0.05, 0.1) is 24.6 Å². The number of ether oxygens (including phenoxy) is 1. The molecule has 0 radical (unpaired) electrons. The molecule has 1 saturated heterocycles. The van der Waals surface area contributed by atoms with Gasteiger partial charge in [0.1, 0.15) is 5.69 Å². The zero-order valence-corrected chi connectivity index (χ0v) is 21.1. The number of piperidine rings is 1. The van der Waals surface area contributed by atoms with Gasteiger partial charge < -0.3 is 9.64 Å².